The number of imide groups is 1. The van der Waals surface area contributed by atoms with Gasteiger partial charge >= 0.3 is 12.0 Å². The summed E-state index contributed by atoms with van der Waals surface area (Å²) in [6, 6.07) is 11.7. The SMILES string of the molecule is CCOC(=O)c1ccc(NC(=O)C[C@@H]2C(=O)N(c3ccc(OC)cc3)C(=O)N2C2CCCCC2)cc1. The second kappa shape index (κ2) is 11.2. The molecule has 1 atom stereocenters. The Kier molecular flexibility index (Phi) is 7.87. The molecular weight excluding hydrogens is 462 g/mol. The smallest absolute Gasteiger partial charge is 0.338 e. The van der Waals surface area contributed by atoms with Gasteiger partial charge in [0.15, 0.2) is 0 Å². The van der Waals surface area contributed by atoms with Gasteiger partial charge in [-0.15, -0.1) is 0 Å². The Morgan fingerprint density at radius 3 is 2.25 bits per heavy atom. The maximum absolute atomic E-state index is 13.5. The summed E-state index contributed by atoms with van der Waals surface area (Å²) in [6.07, 6.45) is 4.52. The molecule has 9 heteroatoms. The molecule has 1 aliphatic heterocycles. The molecule has 4 rings (SSSR count). The van der Waals surface area contributed by atoms with Crippen LogP contribution >= 0.6 is 0 Å². The topological polar surface area (TPSA) is 105 Å². The van der Waals surface area contributed by atoms with Gasteiger partial charge in [-0.3, -0.25) is 9.59 Å². The number of rotatable bonds is 8. The average Bonchev–Trinajstić information content (AvgIpc) is 3.13. The second-order valence-electron chi connectivity index (χ2n) is 8.92. The minimum atomic E-state index is -0.887. The number of hydrogen-bond donors (Lipinski definition) is 1. The van der Waals surface area contributed by atoms with E-state index in [1.807, 2.05) is 0 Å². The van der Waals surface area contributed by atoms with Crippen LogP contribution in [0.2, 0.25) is 0 Å². The van der Waals surface area contributed by atoms with Crippen LogP contribution in [0.5, 0.6) is 5.75 Å². The monoisotopic (exact) mass is 493 g/mol. The molecule has 190 valence electrons. The fourth-order valence-corrected chi connectivity index (χ4v) is 4.83. The largest absolute Gasteiger partial charge is 0.497 e. The summed E-state index contributed by atoms with van der Waals surface area (Å²) in [5.74, 6) is -0.620. The zero-order chi connectivity index (χ0) is 25.7. The number of carbonyl (C=O) groups is 4. The molecule has 1 aliphatic carbocycles. The van der Waals surface area contributed by atoms with Crippen LogP contribution in [0.1, 0.15) is 55.8 Å². The molecule has 1 saturated carbocycles. The zero-order valence-corrected chi connectivity index (χ0v) is 20.6. The van der Waals surface area contributed by atoms with E-state index in [2.05, 4.69) is 5.32 Å². The van der Waals surface area contributed by atoms with E-state index in [1.165, 1.54) is 4.90 Å². The number of carbonyl (C=O) groups excluding carboxylic acids is 4. The first-order valence-electron chi connectivity index (χ1n) is 12.3. The fraction of sp³-hybridized carbons (Fsp3) is 0.407. The summed E-state index contributed by atoms with van der Waals surface area (Å²) in [5.41, 5.74) is 1.31. The van der Waals surface area contributed by atoms with Crippen molar-refractivity contribution in [2.75, 3.05) is 23.9 Å². The van der Waals surface area contributed by atoms with E-state index in [9.17, 15) is 19.2 Å². The first kappa shape index (κ1) is 25.2. The number of esters is 1. The minimum absolute atomic E-state index is 0.0832. The van der Waals surface area contributed by atoms with Crippen LogP contribution in [-0.4, -0.2) is 54.5 Å². The number of nitrogens with one attached hydrogen (secondary N) is 1. The van der Waals surface area contributed by atoms with Gasteiger partial charge in [0, 0.05) is 11.7 Å². The third kappa shape index (κ3) is 5.35. The number of nitrogens with zero attached hydrogens (tertiary/aromatic N) is 2. The van der Waals surface area contributed by atoms with Crippen LogP contribution in [0.4, 0.5) is 16.2 Å². The van der Waals surface area contributed by atoms with Gasteiger partial charge in [0.05, 0.1) is 31.4 Å². The van der Waals surface area contributed by atoms with Crippen molar-refractivity contribution in [3.05, 3.63) is 54.1 Å². The lowest BCUT2D eigenvalue weighted by Gasteiger charge is -2.33. The number of amides is 4. The van der Waals surface area contributed by atoms with Crippen LogP contribution < -0.4 is 15.0 Å². The molecular formula is C27H31N3O6. The van der Waals surface area contributed by atoms with Crippen LogP contribution in [0, 0.1) is 0 Å². The summed E-state index contributed by atoms with van der Waals surface area (Å²) < 4.78 is 10.2. The quantitative estimate of drug-likeness (QED) is 0.432. The zero-order valence-electron chi connectivity index (χ0n) is 20.6. The van der Waals surface area contributed by atoms with Gasteiger partial charge in [0.1, 0.15) is 11.8 Å². The van der Waals surface area contributed by atoms with Gasteiger partial charge in [-0.05, 0) is 68.3 Å². The lowest BCUT2D eigenvalue weighted by atomic mass is 9.93. The van der Waals surface area contributed by atoms with Gasteiger partial charge < -0.3 is 19.7 Å². The molecule has 1 heterocycles. The van der Waals surface area contributed by atoms with Crippen molar-refractivity contribution in [1.29, 1.82) is 0 Å². The van der Waals surface area contributed by atoms with Gasteiger partial charge in [0.2, 0.25) is 5.91 Å². The predicted molar refractivity (Wildman–Crippen MR) is 134 cm³/mol. The summed E-state index contributed by atoms with van der Waals surface area (Å²) in [7, 11) is 1.55. The highest BCUT2D eigenvalue weighted by Gasteiger charge is 2.49. The van der Waals surface area contributed by atoms with E-state index in [4.69, 9.17) is 9.47 Å². The van der Waals surface area contributed by atoms with Crippen LogP contribution in [0.25, 0.3) is 0 Å². The summed E-state index contributed by atoms with van der Waals surface area (Å²) >= 11 is 0. The minimum Gasteiger partial charge on any atom is -0.497 e. The molecule has 2 fully saturated rings. The van der Waals surface area contributed by atoms with Crippen molar-refractivity contribution in [3.8, 4) is 5.75 Å². The van der Waals surface area contributed by atoms with E-state index < -0.39 is 23.9 Å². The van der Waals surface area contributed by atoms with Gasteiger partial charge in [-0.1, -0.05) is 19.3 Å². The molecule has 2 aromatic rings. The van der Waals surface area contributed by atoms with Gasteiger partial charge in [0.25, 0.3) is 5.91 Å². The van der Waals surface area contributed by atoms with Gasteiger partial charge in [-0.25, -0.2) is 14.5 Å². The lowest BCUT2D eigenvalue weighted by Crippen LogP contribution is -2.45. The molecule has 0 radical (unpaired) electrons. The van der Waals surface area contributed by atoms with Crippen molar-refractivity contribution in [1.82, 2.24) is 4.90 Å². The summed E-state index contributed by atoms with van der Waals surface area (Å²) in [5, 5.41) is 2.78. The first-order valence-corrected chi connectivity index (χ1v) is 12.3. The number of urea groups is 1. The average molecular weight is 494 g/mol. The van der Waals surface area contributed by atoms with Crippen molar-refractivity contribution in [3.63, 3.8) is 0 Å². The highest BCUT2D eigenvalue weighted by Crippen LogP contribution is 2.34. The first-order chi connectivity index (χ1) is 17.4. The number of anilines is 2. The number of ether oxygens (including phenoxy) is 2. The van der Waals surface area contributed by atoms with Crippen LogP contribution in [0.15, 0.2) is 48.5 Å². The predicted octanol–water partition coefficient (Wildman–Crippen LogP) is 4.37. The van der Waals surface area contributed by atoms with Crippen molar-refractivity contribution < 1.29 is 28.7 Å². The van der Waals surface area contributed by atoms with E-state index in [1.54, 1.807) is 67.5 Å². The normalized spacial score (nSPS) is 18.3. The number of methoxy groups -OCH3 is 1. The van der Waals surface area contributed by atoms with Gasteiger partial charge in [-0.2, -0.15) is 0 Å². The number of benzene rings is 2. The lowest BCUT2D eigenvalue weighted by molar-refractivity contribution is -0.125. The molecule has 2 aliphatic rings. The molecule has 0 unspecified atom stereocenters. The maximum atomic E-state index is 13.5. The van der Waals surface area contributed by atoms with Crippen molar-refractivity contribution >= 4 is 35.2 Å². The highest BCUT2D eigenvalue weighted by atomic mass is 16.5. The van der Waals surface area contributed by atoms with E-state index in [0.29, 0.717) is 22.7 Å². The fourth-order valence-electron chi connectivity index (χ4n) is 4.83. The molecule has 1 N–H and O–H groups in total. The Morgan fingerprint density at radius 1 is 0.972 bits per heavy atom. The Hall–Kier alpha value is -3.88. The van der Waals surface area contributed by atoms with Crippen molar-refractivity contribution in [2.45, 2.75) is 57.5 Å². The third-order valence-electron chi connectivity index (χ3n) is 6.61. The molecule has 1 saturated heterocycles. The highest BCUT2D eigenvalue weighted by molar-refractivity contribution is 6.22. The number of hydrogen-bond acceptors (Lipinski definition) is 6. The Bertz CT molecular complexity index is 1110. The van der Waals surface area contributed by atoms with E-state index >= 15 is 0 Å². The van der Waals surface area contributed by atoms with Crippen LogP contribution in [0.3, 0.4) is 0 Å². The molecule has 4 amide bonds. The van der Waals surface area contributed by atoms with Crippen molar-refractivity contribution in [2.24, 2.45) is 0 Å². The third-order valence-corrected chi connectivity index (χ3v) is 6.61. The van der Waals surface area contributed by atoms with Crippen LogP contribution in [-0.2, 0) is 14.3 Å². The van der Waals surface area contributed by atoms with E-state index in [-0.39, 0.29) is 25.0 Å². The Balaban J connectivity index is 1.52. The second-order valence-corrected chi connectivity index (χ2v) is 8.92. The summed E-state index contributed by atoms with van der Waals surface area (Å²) in [4.78, 5) is 54.6. The Labute approximate surface area is 210 Å². The molecule has 36 heavy (non-hydrogen) atoms. The molecule has 0 spiro atoms. The maximum Gasteiger partial charge on any atom is 0.338 e. The Morgan fingerprint density at radius 2 is 1.64 bits per heavy atom. The summed E-state index contributed by atoms with van der Waals surface area (Å²) in [6.45, 7) is 2.00. The molecule has 2 aromatic carbocycles. The molecule has 9 nitrogen and oxygen atoms in total. The molecule has 0 aromatic heterocycles. The molecule has 0 bridgehead atoms. The van der Waals surface area contributed by atoms with E-state index in [0.717, 1.165) is 32.1 Å². The standard InChI is InChI=1S/C27H31N3O6/c1-3-36-26(33)18-9-11-19(12-10-18)28-24(31)17-23-25(32)30(21-13-15-22(35-2)16-14-21)27(34)29(23)20-7-5-4-6-8-20/h9-16,20,23H,3-8,17H2,1-2H3,(H,28,31)/t23-/m1/s1.